The molecule has 0 bridgehead atoms. The lowest BCUT2D eigenvalue weighted by Gasteiger charge is -2.31. The lowest BCUT2D eigenvalue weighted by Crippen LogP contribution is -2.41. The Hall–Kier alpha value is -0.170. The molecule has 3 N–H and O–H groups in total. The lowest BCUT2D eigenvalue weighted by molar-refractivity contribution is 0.0780. The maximum atomic E-state index is 11.1. The third-order valence-corrected chi connectivity index (χ3v) is 4.19. The molecule has 1 aliphatic rings. The summed E-state index contributed by atoms with van der Waals surface area (Å²) in [6.45, 7) is 4.73. The molecule has 0 saturated heterocycles. The monoisotopic (exact) mass is 278 g/mol. The summed E-state index contributed by atoms with van der Waals surface area (Å²) in [5, 5.41) is 13.3. The van der Waals surface area contributed by atoms with E-state index in [4.69, 9.17) is 0 Å². The number of rotatable bonds is 6. The zero-order valence-corrected chi connectivity index (χ0v) is 12.3. The van der Waals surface area contributed by atoms with Gasteiger partial charge in [-0.2, -0.15) is 0 Å². The van der Waals surface area contributed by atoms with Crippen LogP contribution < -0.4 is 10.0 Å². The molecule has 0 radical (unpaired) electrons. The fraction of sp³-hybridized carbons (Fsp3) is 1.00. The molecule has 1 unspecified atom stereocenters. The largest absolute Gasteiger partial charge is 0.392 e. The van der Waals surface area contributed by atoms with Crippen LogP contribution >= 0.6 is 0 Å². The molecule has 1 fully saturated rings. The highest BCUT2D eigenvalue weighted by atomic mass is 32.2. The summed E-state index contributed by atoms with van der Waals surface area (Å²) in [5.74, 6) is 0.286. The van der Waals surface area contributed by atoms with Crippen molar-refractivity contribution in [2.45, 2.75) is 57.7 Å². The van der Waals surface area contributed by atoms with Crippen LogP contribution in [0.1, 0.15) is 39.5 Å². The molecular formula is C12H26N2O3S. The second kappa shape index (κ2) is 6.84. The van der Waals surface area contributed by atoms with Crippen LogP contribution in [0.15, 0.2) is 0 Å². The third-order valence-electron chi connectivity index (χ3n) is 3.43. The summed E-state index contributed by atoms with van der Waals surface area (Å²) in [6.07, 6.45) is 4.27. The summed E-state index contributed by atoms with van der Waals surface area (Å²) in [4.78, 5) is 0. The Morgan fingerprint density at radius 1 is 1.22 bits per heavy atom. The van der Waals surface area contributed by atoms with E-state index in [0.29, 0.717) is 12.6 Å². The Morgan fingerprint density at radius 3 is 2.22 bits per heavy atom. The van der Waals surface area contributed by atoms with Crippen molar-refractivity contribution in [1.29, 1.82) is 0 Å². The molecule has 0 amide bonds. The SMILES string of the molecule is CC(C)NCC(O)C1CCC(NS(C)(=O)=O)CC1. The highest BCUT2D eigenvalue weighted by Gasteiger charge is 2.27. The molecule has 1 saturated carbocycles. The molecule has 0 spiro atoms. The predicted octanol–water partition coefficient (Wildman–Crippen LogP) is 0.453. The number of hydrogen-bond acceptors (Lipinski definition) is 4. The number of sulfonamides is 1. The molecule has 6 heteroatoms. The van der Waals surface area contributed by atoms with Crippen LogP contribution in [0.4, 0.5) is 0 Å². The fourth-order valence-corrected chi connectivity index (χ4v) is 3.29. The molecule has 0 aromatic carbocycles. The summed E-state index contributed by atoms with van der Waals surface area (Å²) < 4.78 is 24.9. The molecule has 0 heterocycles. The lowest BCUT2D eigenvalue weighted by atomic mass is 9.83. The first kappa shape index (κ1) is 15.9. The van der Waals surface area contributed by atoms with Crippen molar-refractivity contribution in [3.05, 3.63) is 0 Å². The van der Waals surface area contributed by atoms with Crippen LogP contribution in [-0.4, -0.2) is 44.5 Å². The van der Waals surface area contributed by atoms with Gasteiger partial charge < -0.3 is 10.4 Å². The molecule has 108 valence electrons. The maximum Gasteiger partial charge on any atom is 0.208 e. The first-order chi connectivity index (χ1) is 8.28. The molecular weight excluding hydrogens is 252 g/mol. The molecule has 0 aromatic rings. The first-order valence-electron chi connectivity index (χ1n) is 6.66. The average molecular weight is 278 g/mol. The van der Waals surface area contributed by atoms with Crippen molar-refractivity contribution in [2.24, 2.45) is 5.92 Å². The topological polar surface area (TPSA) is 78.4 Å². The van der Waals surface area contributed by atoms with Crippen molar-refractivity contribution in [3.8, 4) is 0 Å². The average Bonchev–Trinajstić information content (AvgIpc) is 2.24. The van der Waals surface area contributed by atoms with Gasteiger partial charge in [0.05, 0.1) is 12.4 Å². The van der Waals surface area contributed by atoms with E-state index in [0.717, 1.165) is 25.7 Å². The third kappa shape index (κ3) is 6.13. The summed E-state index contributed by atoms with van der Waals surface area (Å²) in [6, 6.07) is 0.421. The van der Waals surface area contributed by atoms with Gasteiger partial charge in [-0.15, -0.1) is 0 Å². The predicted molar refractivity (Wildman–Crippen MR) is 72.9 cm³/mol. The van der Waals surface area contributed by atoms with Crippen LogP contribution in [0.25, 0.3) is 0 Å². The number of nitrogens with one attached hydrogen (secondary N) is 2. The van der Waals surface area contributed by atoms with Gasteiger partial charge in [-0.25, -0.2) is 13.1 Å². The van der Waals surface area contributed by atoms with Crippen LogP contribution in [0, 0.1) is 5.92 Å². The van der Waals surface area contributed by atoms with Gasteiger partial charge in [0, 0.05) is 18.6 Å². The fourth-order valence-electron chi connectivity index (χ4n) is 2.45. The van der Waals surface area contributed by atoms with Crippen LogP contribution in [0.5, 0.6) is 0 Å². The minimum absolute atomic E-state index is 0.0431. The highest BCUT2D eigenvalue weighted by molar-refractivity contribution is 7.88. The van der Waals surface area contributed by atoms with Gasteiger partial charge >= 0.3 is 0 Å². The maximum absolute atomic E-state index is 11.1. The second-order valence-corrected chi connectivity index (χ2v) is 7.41. The van der Waals surface area contributed by atoms with Gasteiger partial charge in [0.1, 0.15) is 0 Å². The van der Waals surface area contributed by atoms with Crippen molar-refractivity contribution < 1.29 is 13.5 Å². The normalized spacial score (nSPS) is 27.4. The Kier molecular flexibility index (Phi) is 6.04. The van der Waals surface area contributed by atoms with Gasteiger partial charge in [0.25, 0.3) is 0 Å². The second-order valence-electron chi connectivity index (χ2n) is 5.63. The van der Waals surface area contributed by atoms with E-state index in [1.54, 1.807) is 0 Å². The first-order valence-corrected chi connectivity index (χ1v) is 8.56. The molecule has 0 aliphatic heterocycles. The Balaban J connectivity index is 2.30. The molecule has 0 aromatic heterocycles. The zero-order valence-electron chi connectivity index (χ0n) is 11.5. The molecule has 1 atom stereocenters. The summed E-state index contributed by atoms with van der Waals surface area (Å²) in [7, 11) is -3.11. The van der Waals surface area contributed by atoms with Crippen LogP contribution in [0.3, 0.4) is 0 Å². The van der Waals surface area contributed by atoms with Gasteiger partial charge in [0.2, 0.25) is 10.0 Å². The molecule has 5 nitrogen and oxygen atoms in total. The Bertz CT molecular complexity index is 335. The van der Waals surface area contributed by atoms with Gasteiger partial charge in [-0.3, -0.25) is 0 Å². The smallest absolute Gasteiger partial charge is 0.208 e. The molecule has 18 heavy (non-hydrogen) atoms. The van der Waals surface area contributed by atoms with Crippen molar-refractivity contribution >= 4 is 10.0 Å². The summed E-state index contributed by atoms with van der Waals surface area (Å²) in [5.41, 5.74) is 0. The van der Waals surface area contributed by atoms with E-state index in [-0.39, 0.29) is 18.1 Å². The van der Waals surface area contributed by atoms with E-state index < -0.39 is 10.0 Å². The van der Waals surface area contributed by atoms with Gasteiger partial charge in [-0.05, 0) is 31.6 Å². The number of hydrogen-bond donors (Lipinski definition) is 3. The van der Waals surface area contributed by atoms with Crippen molar-refractivity contribution in [2.75, 3.05) is 12.8 Å². The van der Waals surface area contributed by atoms with E-state index >= 15 is 0 Å². The highest BCUT2D eigenvalue weighted by Crippen LogP contribution is 2.27. The van der Waals surface area contributed by atoms with Gasteiger partial charge in [0.15, 0.2) is 0 Å². The van der Waals surface area contributed by atoms with Crippen molar-refractivity contribution in [1.82, 2.24) is 10.0 Å². The molecule has 1 aliphatic carbocycles. The van der Waals surface area contributed by atoms with Gasteiger partial charge in [-0.1, -0.05) is 13.8 Å². The minimum Gasteiger partial charge on any atom is -0.392 e. The number of aliphatic hydroxyl groups excluding tert-OH is 1. The quantitative estimate of drug-likeness (QED) is 0.659. The van der Waals surface area contributed by atoms with E-state index in [1.807, 2.05) is 0 Å². The Morgan fingerprint density at radius 2 is 1.78 bits per heavy atom. The zero-order chi connectivity index (χ0) is 13.8. The summed E-state index contributed by atoms with van der Waals surface area (Å²) >= 11 is 0. The Labute approximate surface area is 110 Å². The molecule has 1 rings (SSSR count). The van der Waals surface area contributed by atoms with E-state index in [2.05, 4.69) is 23.9 Å². The van der Waals surface area contributed by atoms with Crippen molar-refractivity contribution in [3.63, 3.8) is 0 Å². The standard InChI is InChI=1S/C12H26N2O3S/c1-9(2)13-8-12(15)10-4-6-11(7-5-10)14-18(3,16)17/h9-15H,4-8H2,1-3H3. The van der Waals surface area contributed by atoms with Crippen LogP contribution in [0.2, 0.25) is 0 Å². The minimum atomic E-state index is -3.11. The van der Waals surface area contributed by atoms with E-state index in [9.17, 15) is 13.5 Å². The van der Waals surface area contributed by atoms with E-state index in [1.165, 1.54) is 6.26 Å². The van der Waals surface area contributed by atoms with Crippen LogP contribution in [-0.2, 0) is 10.0 Å². The number of aliphatic hydroxyl groups is 1.